The third kappa shape index (κ3) is 4.45. The fourth-order valence-corrected chi connectivity index (χ4v) is 8.12. The third-order valence-electron chi connectivity index (χ3n) is 4.66. The van der Waals surface area contributed by atoms with Crippen LogP contribution in [0.3, 0.4) is 0 Å². The zero-order valence-corrected chi connectivity index (χ0v) is 17.6. The van der Waals surface area contributed by atoms with Crippen molar-refractivity contribution in [1.82, 2.24) is 0 Å². The fraction of sp³-hybridized carbons (Fsp3) is 0.300. The number of carbonyl (C=O) groups excluding carboxylic acids is 1. The highest BCUT2D eigenvalue weighted by Crippen LogP contribution is 2.40. The molecule has 0 radical (unpaired) electrons. The number of para-hydroxylation sites is 1. The zero-order valence-electron chi connectivity index (χ0n) is 15.1. The Labute approximate surface area is 173 Å². The van der Waals surface area contributed by atoms with Crippen LogP contribution in [0, 0.1) is 0 Å². The van der Waals surface area contributed by atoms with E-state index in [-0.39, 0.29) is 28.7 Å². The Morgan fingerprint density at radius 3 is 2.46 bits per heavy atom. The van der Waals surface area contributed by atoms with Crippen LogP contribution in [0.15, 0.2) is 65.7 Å². The molecule has 4 rings (SSSR count). The Kier molecular flexibility index (Phi) is 5.80. The fourth-order valence-electron chi connectivity index (χ4n) is 3.42. The van der Waals surface area contributed by atoms with Crippen LogP contribution in [-0.2, 0) is 20.4 Å². The number of anilines is 1. The number of nitrogens with zero attached hydrogens (tertiary/aromatic N) is 2. The third-order valence-corrected chi connectivity index (χ3v) is 8.86. The molecule has 2 aliphatic heterocycles. The van der Waals surface area contributed by atoms with Crippen LogP contribution in [0.1, 0.15) is 5.56 Å². The van der Waals surface area contributed by atoms with Gasteiger partial charge in [0.1, 0.15) is 0 Å². The van der Waals surface area contributed by atoms with Gasteiger partial charge in [0.05, 0.1) is 23.3 Å². The van der Waals surface area contributed by atoms with E-state index in [0.29, 0.717) is 10.9 Å². The standard InChI is InChI=1S/C20H20N2O3S3/c23-19(12-26-11-15-7-3-1-4-8-15)21-20-22(16-9-5-2-6-10-16)17-13-28(24,25)14-18(17)27-20/h1-10,17-18H,11-14H2. The van der Waals surface area contributed by atoms with Gasteiger partial charge in [-0.05, 0) is 17.7 Å². The lowest BCUT2D eigenvalue weighted by Crippen LogP contribution is -2.37. The second-order valence-corrected chi connectivity index (χ2v) is 11.1. The summed E-state index contributed by atoms with van der Waals surface area (Å²) in [6.07, 6.45) is 0. The van der Waals surface area contributed by atoms with E-state index in [9.17, 15) is 13.2 Å². The molecule has 0 bridgehead atoms. The number of aliphatic imine (C=N–C) groups is 1. The summed E-state index contributed by atoms with van der Waals surface area (Å²) in [5.74, 6) is 1.12. The van der Waals surface area contributed by atoms with Crippen LogP contribution in [0.2, 0.25) is 0 Å². The number of fused-ring (bicyclic) bond motifs is 1. The first-order valence-electron chi connectivity index (χ1n) is 8.96. The molecule has 146 valence electrons. The summed E-state index contributed by atoms with van der Waals surface area (Å²) >= 11 is 2.95. The maximum absolute atomic E-state index is 12.4. The molecule has 2 atom stereocenters. The minimum atomic E-state index is -3.05. The summed E-state index contributed by atoms with van der Waals surface area (Å²) < 4.78 is 24.2. The number of rotatable bonds is 5. The van der Waals surface area contributed by atoms with Crippen molar-refractivity contribution in [1.29, 1.82) is 0 Å². The predicted octanol–water partition coefficient (Wildman–Crippen LogP) is 3.22. The van der Waals surface area contributed by atoms with Crippen LogP contribution in [0.25, 0.3) is 0 Å². The largest absolute Gasteiger partial charge is 0.316 e. The minimum Gasteiger partial charge on any atom is -0.316 e. The van der Waals surface area contributed by atoms with Crippen molar-refractivity contribution < 1.29 is 13.2 Å². The molecule has 2 aliphatic rings. The Balaban J connectivity index is 1.48. The normalized spacial score (nSPS) is 24.4. The van der Waals surface area contributed by atoms with Crippen LogP contribution in [-0.4, -0.2) is 48.0 Å². The maximum atomic E-state index is 12.4. The van der Waals surface area contributed by atoms with E-state index in [2.05, 4.69) is 4.99 Å². The number of amidine groups is 1. The number of carbonyl (C=O) groups is 1. The quantitative estimate of drug-likeness (QED) is 0.723. The number of hydrogen-bond acceptors (Lipinski definition) is 5. The molecule has 2 aromatic carbocycles. The molecule has 28 heavy (non-hydrogen) atoms. The molecule has 2 unspecified atom stereocenters. The van der Waals surface area contributed by atoms with Gasteiger partial charge in [0.2, 0.25) is 0 Å². The van der Waals surface area contributed by atoms with E-state index in [4.69, 9.17) is 0 Å². The Bertz CT molecular complexity index is 978. The molecule has 0 aromatic heterocycles. The lowest BCUT2D eigenvalue weighted by Gasteiger charge is -2.24. The van der Waals surface area contributed by atoms with Crippen molar-refractivity contribution >= 4 is 50.1 Å². The highest BCUT2D eigenvalue weighted by atomic mass is 32.2. The van der Waals surface area contributed by atoms with Gasteiger partial charge >= 0.3 is 0 Å². The van der Waals surface area contributed by atoms with E-state index in [1.165, 1.54) is 29.1 Å². The van der Waals surface area contributed by atoms with E-state index in [1.54, 1.807) is 0 Å². The number of benzene rings is 2. The van der Waals surface area contributed by atoms with E-state index < -0.39 is 9.84 Å². The van der Waals surface area contributed by atoms with E-state index in [1.807, 2.05) is 65.6 Å². The molecule has 0 N–H and O–H groups in total. The lowest BCUT2D eigenvalue weighted by atomic mass is 10.2. The molecule has 2 heterocycles. The molecule has 2 aromatic rings. The Morgan fingerprint density at radius 2 is 1.75 bits per heavy atom. The first-order chi connectivity index (χ1) is 13.5. The smallest absolute Gasteiger partial charge is 0.258 e. The molecule has 0 spiro atoms. The summed E-state index contributed by atoms with van der Waals surface area (Å²) in [6.45, 7) is 0. The molecule has 2 fully saturated rings. The predicted molar refractivity (Wildman–Crippen MR) is 118 cm³/mol. The van der Waals surface area contributed by atoms with Crippen molar-refractivity contribution in [2.24, 2.45) is 4.99 Å². The second kappa shape index (κ2) is 8.31. The van der Waals surface area contributed by atoms with Crippen molar-refractivity contribution in [2.45, 2.75) is 17.0 Å². The van der Waals surface area contributed by atoms with Gasteiger partial charge in [-0.25, -0.2) is 8.42 Å². The maximum Gasteiger partial charge on any atom is 0.258 e. The Hall–Kier alpha value is -1.77. The van der Waals surface area contributed by atoms with Crippen molar-refractivity contribution in [2.75, 3.05) is 22.2 Å². The van der Waals surface area contributed by atoms with Crippen molar-refractivity contribution in [3.05, 3.63) is 66.2 Å². The van der Waals surface area contributed by atoms with Gasteiger partial charge < -0.3 is 4.90 Å². The SMILES string of the molecule is O=C(CSCc1ccccc1)N=C1SC2CS(=O)(=O)CC2N1c1ccccc1. The number of amides is 1. The molecule has 1 amide bonds. The molecule has 8 heteroatoms. The Morgan fingerprint density at radius 1 is 1.07 bits per heavy atom. The highest BCUT2D eigenvalue weighted by Gasteiger charge is 2.49. The topological polar surface area (TPSA) is 66.8 Å². The summed E-state index contributed by atoms with van der Waals surface area (Å²) in [7, 11) is -3.05. The summed E-state index contributed by atoms with van der Waals surface area (Å²) in [6, 6.07) is 19.4. The first kappa shape index (κ1) is 19.5. The molecular formula is C20H20N2O3S3. The molecule has 5 nitrogen and oxygen atoms in total. The van der Waals surface area contributed by atoms with E-state index >= 15 is 0 Å². The van der Waals surface area contributed by atoms with Crippen LogP contribution >= 0.6 is 23.5 Å². The minimum absolute atomic E-state index is 0.0753. The summed E-state index contributed by atoms with van der Waals surface area (Å²) in [5.41, 5.74) is 2.05. The van der Waals surface area contributed by atoms with Crippen LogP contribution in [0.4, 0.5) is 5.69 Å². The molecule has 0 aliphatic carbocycles. The van der Waals surface area contributed by atoms with Crippen molar-refractivity contribution in [3.63, 3.8) is 0 Å². The molecular weight excluding hydrogens is 412 g/mol. The number of thioether (sulfide) groups is 2. The van der Waals surface area contributed by atoms with Crippen molar-refractivity contribution in [3.8, 4) is 0 Å². The lowest BCUT2D eigenvalue weighted by molar-refractivity contribution is -0.115. The van der Waals surface area contributed by atoms with Gasteiger partial charge in [-0.2, -0.15) is 4.99 Å². The van der Waals surface area contributed by atoms with Gasteiger partial charge in [0.25, 0.3) is 5.91 Å². The monoisotopic (exact) mass is 432 g/mol. The van der Waals surface area contributed by atoms with E-state index in [0.717, 1.165) is 11.4 Å². The average molecular weight is 433 g/mol. The molecule has 2 saturated heterocycles. The average Bonchev–Trinajstić information content (AvgIpc) is 3.14. The van der Waals surface area contributed by atoms with Gasteiger partial charge in [-0.15, -0.1) is 11.8 Å². The first-order valence-corrected chi connectivity index (χ1v) is 12.8. The number of hydrogen-bond donors (Lipinski definition) is 0. The zero-order chi connectivity index (χ0) is 19.6. The molecule has 0 saturated carbocycles. The number of sulfone groups is 1. The van der Waals surface area contributed by atoms with Gasteiger partial charge in [0.15, 0.2) is 15.0 Å². The van der Waals surface area contributed by atoms with Crippen LogP contribution < -0.4 is 4.90 Å². The van der Waals surface area contributed by atoms with Gasteiger partial charge in [-0.1, -0.05) is 60.3 Å². The summed E-state index contributed by atoms with van der Waals surface area (Å²) in [4.78, 5) is 18.7. The summed E-state index contributed by atoms with van der Waals surface area (Å²) in [5, 5.41) is 0.537. The van der Waals surface area contributed by atoms with Gasteiger partial charge in [-0.3, -0.25) is 4.79 Å². The highest BCUT2D eigenvalue weighted by molar-refractivity contribution is 8.16. The second-order valence-electron chi connectivity index (χ2n) is 6.77. The van der Waals surface area contributed by atoms with Crippen LogP contribution in [0.5, 0.6) is 0 Å². The van der Waals surface area contributed by atoms with Gasteiger partial charge in [0, 0.05) is 16.7 Å².